The summed E-state index contributed by atoms with van der Waals surface area (Å²) in [4.78, 5) is 0. The van der Waals surface area contributed by atoms with Crippen molar-refractivity contribution in [2.75, 3.05) is 7.11 Å². The van der Waals surface area contributed by atoms with E-state index in [4.69, 9.17) is 9.94 Å². The fourth-order valence-electron chi connectivity index (χ4n) is 2.08. The van der Waals surface area contributed by atoms with Crippen molar-refractivity contribution in [2.45, 2.75) is 25.7 Å². The quantitative estimate of drug-likeness (QED) is 0.625. The Bertz CT molecular complexity index is 432. The molecule has 0 bridgehead atoms. The van der Waals surface area contributed by atoms with Crippen LogP contribution in [0.25, 0.3) is 6.08 Å². The van der Waals surface area contributed by atoms with Gasteiger partial charge >= 0.3 is 0 Å². The number of benzene rings is 1. The summed E-state index contributed by atoms with van der Waals surface area (Å²) >= 11 is 0. The third-order valence-electron chi connectivity index (χ3n) is 3.06. The zero-order chi connectivity index (χ0) is 12.1. The van der Waals surface area contributed by atoms with Crippen molar-refractivity contribution in [3.8, 4) is 5.75 Å². The number of nitrogens with zero attached hydrogens (tertiary/aromatic N) is 1. The Morgan fingerprint density at radius 2 is 1.88 bits per heavy atom. The molecule has 0 unspecified atom stereocenters. The largest absolute Gasteiger partial charge is 0.497 e. The van der Waals surface area contributed by atoms with E-state index in [2.05, 4.69) is 11.2 Å². The predicted octanol–water partition coefficient (Wildman–Crippen LogP) is 3.48. The van der Waals surface area contributed by atoms with E-state index in [0.717, 1.165) is 41.9 Å². The molecule has 2 rings (SSSR count). The van der Waals surface area contributed by atoms with E-state index >= 15 is 0 Å². The van der Waals surface area contributed by atoms with E-state index in [0.29, 0.717) is 0 Å². The Morgan fingerprint density at radius 3 is 2.53 bits per heavy atom. The average molecular weight is 231 g/mol. The molecule has 0 atom stereocenters. The maximum Gasteiger partial charge on any atom is 0.118 e. The topological polar surface area (TPSA) is 41.8 Å². The van der Waals surface area contributed by atoms with E-state index in [-0.39, 0.29) is 0 Å². The Balaban J connectivity index is 2.21. The van der Waals surface area contributed by atoms with Crippen molar-refractivity contribution in [1.29, 1.82) is 0 Å². The lowest BCUT2D eigenvalue weighted by atomic mass is 9.91. The molecule has 17 heavy (non-hydrogen) atoms. The molecule has 1 N–H and O–H groups in total. The van der Waals surface area contributed by atoms with Crippen LogP contribution in [0.4, 0.5) is 0 Å². The fraction of sp³-hybridized carbons (Fsp3) is 0.357. The van der Waals surface area contributed by atoms with Crippen molar-refractivity contribution in [3.05, 3.63) is 35.4 Å². The maximum atomic E-state index is 8.95. The molecule has 0 aromatic heterocycles. The lowest BCUT2D eigenvalue weighted by molar-refractivity contribution is 0.316. The average Bonchev–Trinajstić information content (AvgIpc) is 2.40. The first-order valence-corrected chi connectivity index (χ1v) is 5.89. The molecular weight excluding hydrogens is 214 g/mol. The van der Waals surface area contributed by atoms with Gasteiger partial charge in [-0.3, -0.25) is 0 Å². The molecule has 0 amide bonds. The number of hydrogen-bond acceptors (Lipinski definition) is 3. The Morgan fingerprint density at radius 1 is 1.18 bits per heavy atom. The van der Waals surface area contributed by atoms with Gasteiger partial charge in [0.15, 0.2) is 0 Å². The molecule has 1 saturated carbocycles. The summed E-state index contributed by atoms with van der Waals surface area (Å²) in [5, 5.41) is 12.3. The monoisotopic (exact) mass is 231 g/mol. The van der Waals surface area contributed by atoms with Crippen LogP contribution in [-0.4, -0.2) is 18.0 Å². The van der Waals surface area contributed by atoms with Crippen molar-refractivity contribution in [2.24, 2.45) is 5.16 Å². The minimum Gasteiger partial charge on any atom is -0.497 e. The lowest BCUT2D eigenvalue weighted by Crippen LogP contribution is -2.08. The van der Waals surface area contributed by atoms with E-state index in [1.54, 1.807) is 7.11 Å². The highest BCUT2D eigenvalue weighted by Crippen LogP contribution is 2.24. The minimum atomic E-state index is 0.826. The van der Waals surface area contributed by atoms with Crippen molar-refractivity contribution >= 4 is 11.8 Å². The molecule has 0 aliphatic heterocycles. The third kappa shape index (κ3) is 2.87. The summed E-state index contributed by atoms with van der Waals surface area (Å²) in [5.41, 5.74) is 3.08. The van der Waals surface area contributed by atoms with Crippen LogP contribution >= 0.6 is 0 Å². The Kier molecular flexibility index (Phi) is 3.81. The first-order chi connectivity index (χ1) is 8.33. The second-order valence-corrected chi connectivity index (χ2v) is 4.20. The van der Waals surface area contributed by atoms with Gasteiger partial charge in [-0.1, -0.05) is 17.3 Å². The molecule has 0 saturated heterocycles. The molecule has 3 nitrogen and oxygen atoms in total. The normalized spacial score (nSPS) is 20.8. The van der Waals surface area contributed by atoms with E-state index in [1.165, 1.54) is 6.42 Å². The first kappa shape index (κ1) is 11.7. The van der Waals surface area contributed by atoms with Crippen LogP contribution in [0, 0.1) is 0 Å². The van der Waals surface area contributed by atoms with E-state index < -0.39 is 0 Å². The van der Waals surface area contributed by atoms with Gasteiger partial charge in [0.25, 0.3) is 0 Å². The van der Waals surface area contributed by atoms with Crippen LogP contribution in [0.2, 0.25) is 0 Å². The van der Waals surface area contributed by atoms with Gasteiger partial charge in [-0.15, -0.1) is 0 Å². The standard InChI is InChI=1S/C14H17NO2/c1-17-13-8-6-11(7-9-13)10-12-4-2-3-5-14(12)15-16/h6-10,16H,2-5H2,1H3/b12-10-,15-14-. The van der Waals surface area contributed by atoms with Gasteiger partial charge in [-0.05, 0) is 55.0 Å². The van der Waals surface area contributed by atoms with Crippen molar-refractivity contribution in [1.82, 2.24) is 0 Å². The number of ether oxygens (including phenoxy) is 1. The number of hydrogen-bond donors (Lipinski definition) is 1. The van der Waals surface area contributed by atoms with Crippen molar-refractivity contribution < 1.29 is 9.94 Å². The molecule has 0 spiro atoms. The van der Waals surface area contributed by atoms with Crippen LogP contribution in [0.15, 0.2) is 35.0 Å². The Labute approximate surface area is 101 Å². The number of methoxy groups -OCH3 is 1. The molecule has 0 heterocycles. The summed E-state index contributed by atoms with van der Waals surface area (Å²) < 4.78 is 5.12. The summed E-state index contributed by atoms with van der Waals surface area (Å²) in [6, 6.07) is 7.89. The highest BCUT2D eigenvalue weighted by atomic mass is 16.5. The van der Waals surface area contributed by atoms with Crippen LogP contribution in [0.5, 0.6) is 5.75 Å². The Hall–Kier alpha value is -1.77. The van der Waals surface area contributed by atoms with Crippen LogP contribution in [0.3, 0.4) is 0 Å². The molecule has 0 radical (unpaired) electrons. The highest BCUT2D eigenvalue weighted by molar-refractivity contribution is 6.03. The minimum absolute atomic E-state index is 0.826. The van der Waals surface area contributed by atoms with Gasteiger partial charge < -0.3 is 9.94 Å². The second kappa shape index (κ2) is 5.53. The van der Waals surface area contributed by atoms with Crippen LogP contribution in [0.1, 0.15) is 31.2 Å². The molecule has 1 aliphatic carbocycles. The van der Waals surface area contributed by atoms with E-state index in [9.17, 15) is 0 Å². The fourth-order valence-corrected chi connectivity index (χ4v) is 2.08. The van der Waals surface area contributed by atoms with Crippen molar-refractivity contribution in [3.63, 3.8) is 0 Å². The SMILES string of the molecule is COc1ccc(/C=C2/CCCC/C2=N/O)cc1. The van der Waals surface area contributed by atoms with Crippen LogP contribution in [-0.2, 0) is 0 Å². The summed E-state index contributed by atoms with van der Waals surface area (Å²) in [6.07, 6.45) is 6.23. The maximum absolute atomic E-state index is 8.95. The van der Waals surface area contributed by atoms with Gasteiger partial charge in [0.05, 0.1) is 12.8 Å². The summed E-state index contributed by atoms with van der Waals surface area (Å²) in [7, 11) is 1.66. The zero-order valence-corrected chi connectivity index (χ0v) is 10.0. The van der Waals surface area contributed by atoms with Gasteiger partial charge in [0.2, 0.25) is 0 Å². The molecule has 1 aromatic rings. The molecule has 3 heteroatoms. The predicted molar refractivity (Wildman–Crippen MR) is 68.7 cm³/mol. The molecule has 1 aromatic carbocycles. The number of oxime groups is 1. The molecule has 90 valence electrons. The molecule has 1 fully saturated rings. The van der Waals surface area contributed by atoms with E-state index in [1.807, 2.05) is 24.3 Å². The van der Waals surface area contributed by atoms with Crippen LogP contribution < -0.4 is 4.74 Å². The molecular formula is C14H17NO2. The second-order valence-electron chi connectivity index (χ2n) is 4.20. The number of rotatable bonds is 2. The third-order valence-corrected chi connectivity index (χ3v) is 3.06. The smallest absolute Gasteiger partial charge is 0.118 e. The first-order valence-electron chi connectivity index (χ1n) is 5.89. The van der Waals surface area contributed by atoms with Gasteiger partial charge in [-0.25, -0.2) is 0 Å². The van der Waals surface area contributed by atoms with Gasteiger partial charge in [-0.2, -0.15) is 0 Å². The van der Waals surface area contributed by atoms with Gasteiger partial charge in [0, 0.05) is 0 Å². The summed E-state index contributed by atoms with van der Waals surface area (Å²) in [6.45, 7) is 0. The highest BCUT2D eigenvalue weighted by Gasteiger charge is 2.13. The summed E-state index contributed by atoms with van der Waals surface area (Å²) in [5.74, 6) is 0.854. The number of allylic oxidation sites excluding steroid dienone is 1. The van der Waals surface area contributed by atoms with Gasteiger partial charge in [0.1, 0.15) is 5.75 Å². The lowest BCUT2D eigenvalue weighted by Gasteiger charge is -2.15. The zero-order valence-electron chi connectivity index (χ0n) is 10.0. The molecule has 1 aliphatic rings.